The fraction of sp³-hybridized carbons (Fsp3) is 0.524. The number of thioether (sulfide) groups is 1. The van der Waals surface area contributed by atoms with Gasteiger partial charge >= 0.3 is 0 Å². The minimum atomic E-state index is -2.85. The van der Waals surface area contributed by atoms with Crippen molar-refractivity contribution in [3.8, 4) is 6.07 Å². The number of anilines is 1. The second kappa shape index (κ2) is 10.2. The number of nitrogens with two attached hydrogens (primary N) is 1. The lowest BCUT2D eigenvalue weighted by Gasteiger charge is -2.47. The van der Waals surface area contributed by atoms with Gasteiger partial charge < -0.3 is 19.9 Å². The molecule has 2 aliphatic heterocycles. The molecule has 36 heavy (non-hydrogen) atoms. The summed E-state index contributed by atoms with van der Waals surface area (Å²) in [6, 6.07) is 3.08. The van der Waals surface area contributed by atoms with Gasteiger partial charge in [0.2, 0.25) is 0 Å². The molecule has 2 atom stereocenters. The van der Waals surface area contributed by atoms with E-state index >= 15 is 4.39 Å². The molecule has 4 heterocycles. The number of aromatic nitrogens is 2. The van der Waals surface area contributed by atoms with Crippen molar-refractivity contribution in [3.63, 3.8) is 0 Å². The van der Waals surface area contributed by atoms with Crippen molar-refractivity contribution in [2.75, 3.05) is 31.2 Å². The lowest BCUT2D eigenvalue weighted by atomic mass is 9.77. The summed E-state index contributed by atoms with van der Waals surface area (Å²) in [5.74, 6) is -0.910. The van der Waals surface area contributed by atoms with Crippen molar-refractivity contribution in [2.24, 2.45) is 11.1 Å². The van der Waals surface area contributed by atoms with Crippen molar-refractivity contribution in [3.05, 3.63) is 23.6 Å². The minimum absolute atomic E-state index is 0.00288. The number of rotatable bonds is 4. The van der Waals surface area contributed by atoms with Crippen molar-refractivity contribution >= 4 is 52.1 Å². The Morgan fingerprint density at radius 1 is 1.36 bits per heavy atom. The van der Waals surface area contributed by atoms with Gasteiger partial charge in [-0.3, -0.25) is 19.4 Å². The van der Waals surface area contributed by atoms with Gasteiger partial charge in [0, 0.05) is 18.5 Å². The van der Waals surface area contributed by atoms with E-state index in [4.69, 9.17) is 34.4 Å². The molecule has 3 aliphatic rings. The third kappa shape index (κ3) is 5.33. The monoisotopic (exact) mass is 534 g/mol. The van der Waals surface area contributed by atoms with Gasteiger partial charge in [0.1, 0.15) is 24.5 Å². The van der Waals surface area contributed by atoms with Gasteiger partial charge in [0.05, 0.1) is 46.5 Å². The molecule has 2 unspecified atom stereocenters. The number of nitriles is 1. The second-order valence-corrected chi connectivity index (χ2v) is 11.1. The van der Waals surface area contributed by atoms with Crippen molar-refractivity contribution in [1.82, 2.24) is 9.61 Å². The van der Waals surface area contributed by atoms with Crippen molar-refractivity contribution in [2.45, 2.75) is 42.2 Å². The average Bonchev–Trinajstić information content (AvgIpc) is 3.42. The molecular formula is C21H23BF2N7O3S2-. The Morgan fingerprint density at radius 2 is 2.00 bits per heavy atom. The van der Waals surface area contributed by atoms with E-state index in [9.17, 15) is 13.2 Å². The normalized spacial score (nSPS) is 21.0. The van der Waals surface area contributed by atoms with Crippen LogP contribution in [0.2, 0.25) is 0 Å². The van der Waals surface area contributed by atoms with Gasteiger partial charge in [0.25, 0.3) is 0 Å². The fourth-order valence-corrected chi connectivity index (χ4v) is 5.01. The number of nitrogens with one attached hydrogen (secondary N) is 2. The van der Waals surface area contributed by atoms with E-state index in [1.807, 2.05) is 6.07 Å². The maximum Gasteiger partial charge on any atom is 0.180 e. The number of hydrogen-bond donors (Lipinski definition) is 3. The molecule has 3 fully saturated rings. The van der Waals surface area contributed by atoms with Crippen LogP contribution < -0.4 is 10.6 Å². The number of piperidine rings is 1. The molecule has 0 aromatic carbocycles. The van der Waals surface area contributed by atoms with Crippen molar-refractivity contribution in [1.29, 1.82) is 16.1 Å². The highest BCUT2D eigenvalue weighted by Crippen LogP contribution is 2.40. The Morgan fingerprint density at radius 3 is 2.44 bits per heavy atom. The predicted octanol–water partition coefficient (Wildman–Crippen LogP) is 1.83. The molecule has 10 nitrogen and oxygen atoms in total. The number of ether oxygens (including phenoxy) is 1. The highest BCUT2D eigenvalue weighted by Gasteiger charge is 2.42. The van der Waals surface area contributed by atoms with Crippen LogP contribution in [0.5, 0.6) is 0 Å². The summed E-state index contributed by atoms with van der Waals surface area (Å²) in [5.41, 5.74) is 5.31. The summed E-state index contributed by atoms with van der Waals surface area (Å²) in [5, 5.41) is 27.1. The molecule has 0 bridgehead atoms. The summed E-state index contributed by atoms with van der Waals surface area (Å²) in [7, 11) is 5.02. The summed E-state index contributed by atoms with van der Waals surface area (Å²) >= 11 is -2.36. The van der Waals surface area contributed by atoms with E-state index in [2.05, 4.69) is 5.10 Å². The molecule has 190 valence electrons. The Bertz CT molecular complexity index is 1260. The topological polar surface area (TPSA) is 167 Å². The summed E-state index contributed by atoms with van der Waals surface area (Å²) in [4.78, 5) is 1.21. The molecule has 1 spiro atoms. The van der Waals surface area contributed by atoms with Gasteiger partial charge in [-0.05, 0) is 42.8 Å². The third-order valence-corrected chi connectivity index (χ3v) is 8.05. The number of halogens is 2. The zero-order valence-electron chi connectivity index (χ0n) is 19.1. The molecule has 15 heteroatoms. The summed E-state index contributed by atoms with van der Waals surface area (Å²) in [6.07, 6.45) is 2.58. The van der Waals surface area contributed by atoms with E-state index in [-0.39, 0.29) is 27.4 Å². The smallest absolute Gasteiger partial charge is 0.180 e. The largest absolute Gasteiger partial charge is 0.768 e. The Hall–Kier alpha value is -2.38. The lowest BCUT2D eigenvalue weighted by molar-refractivity contribution is -0.124. The molecule has 4 N–H and O–H groups in total. The molecule has 1 saturated carbocycles. The molecule has 2 saturated heterocycles. The highest BCUT2D eigenvalue weighted by atomic mass is 32.2. The molecule has 1 aliphatic carbocycles. The van der Waals surface area contributed by atoms with Gasteiger partial charge in [-0.1, -0.05) is 11.8 Å². The van der Waals surface area contributed by atoms with Crippen LogP contribution >= 0.6 is 11.8 Å². The predicted molar refractivity (Wildman–Crippen MR) is 132 cm³/mol. The lowest BCUT2D eigenvalue weighted by Crippen LogP contribution is -2.51. The first-order valence-corrected chi connectivity index (χ1v) is 13.0. The Labute approximate surface area is 214 Å². The zero-order valence-corrected chi connectivity index (χ0v) is 20.8. The molecule has 5 rings (SSSR count). The van der Waals surface area contributed by atoms with E-state index in [1.54, 1.807) is 4.90 Å². The minimum Gasteiger partial charge on any atom is -0.768 e. The van der Waals surface area contributed by atoms with Gasteiger partial charge in [0.15, 0.2) is 11.6 Å². The number of alkyl halides is 1. The van der Waals surface area contributed by atoms with Crippen LogP contribution in [0.15, 0.2) is 17.2 Å². The number of hydrogen-bond acceptors (Lipinski definition) is 10. The maximum atomic E-state index is 15.2. The molecule has 2 radical (unpaired) electrons. The summed E-state index contributed by atoms with van der Waals surface area (Å²) in [6.45, 7) is 2.36. The van der Waals surface area contributed by atoms with E-state index in [1.165, 1.54) is 10.7 Å². The molecule has 0 amide bonds. The Balaban J connectivity index is 0.000000445. The van der Waals surface area contributed by atoms with Crippen LogP contribution in [0, 0.1) is 33.4 Å². The van der Waals surface area contributed by atoms with Crippen LogP contribution in [0.3, 0.4) is 0 Å². The van der Waals surface area contributed by atoms with Gasteiger partial charge in [-0.2, -0.15) is 10.4 Å². The standard InChI is InChI=1S/C17H18BF2N5O3S2.C4H6N2/c18-13(20)15(22)29-14(21)9-6-23-25-10(9)5-11(30(26)27)12(19)16(25)24-3-1-17(2-4-24)7-28-8-17;5-3-4(6)1-2-4/h5-6,13,21-22H,1-4,7-8H2,(H,26,27);1-2,6H2/p-1. The van der Waals surface area contributed by atoms with E-state index < -0.39 is 38.4 Å². The average molecular weight is 534 g/mol. The van der Waals surface area contributed by atoms with Crippen LogP contribution in [0.25, 0.3) is 5.52 Å². The highest BCUT2D eigenvalue weighted by molar-refractivity contribution is 8.27. The number of fused-ring (bicyclic) bond motifs is 1. The van der Waals surface area contributed by atoms with Gasteiger partial charge in [-0.25, -0.2) is 8.91 Å². The van der Waals surface area contributed by atoms with Crippen LogP contribution in [0.4, 0.5) is 14.6 Å². The first-order chi connectivity index (χ1) is 17.0. The van der Waals surface area contributed by atoms with Gasteiger partial charge in [-0.15, -0.1) is 0 Å². The first-order valence-electron chi connectivity index (χ1n) is 11.1. The number of pyridine rings is 1. The summed E-state index contributed by atoms with van der Waals surface area (Å²) < 4.78 is 58.2. The van der Waals surface area contributed by atoms with E-state index in [0.29, 0.717) is 38.1 Å². The van der Waals surface area contributed by atoms with Crippen LogP contribution in [-0.2, 0) is 15.8 Å². The molecule has 2 aromatic heterocycles. The third-order valence-electron chi connectivity index (χ3n) is 6.53. The number of nitrogens with zero attached hydrogens (tertiary/aromatic N) is 4. The van der Waals surface area contributed by atoms with Crippen LogP contribution in [-0.4, -0.2) is 74.2 Å². The van der Waals surface area contributed by atoms with Crippen LogP contribution in [0.1, 0.15) is 31.2 Å². The molecule has 2 aromatic rings. The Kier molecular flexibility index (Phi) is 7.54. The zero-order chi connectivity index (χ0) is 26.3. The second-order valence-electron chi connectivity index (χ2n) is 9.18. The maximum absolute atomic E-state index is 15.2. The van der Waals surface area contributed by atoms with Crippen molar-refractivity contribution < 1.29 is 22.3 Å². The molecular weight excluding hydrogens is 511 g/mol. The SMILES string of the molecule is N#CC1(N)CC1.[B]C(F)C(=N)SC(=N)c1cnn2c(N3CCC4(CC3)COC4)c(F)c(S(=O)[O-])cc12. The quantitative estimate of drug-likeness (QED) is 0.231. The van der Waals surface area contributed by atoms with E-state index in [0.717, 1.165) is 31.7 Å². The first kappa shape index (κ1) is 26.7. The fourth-order valence-electron chi connectivity index (χ4n) is 3.97.